The SMILES string of the molecule is FC(F)(F)c1ccc(N2CCCN(CCBr)CC2)nn1. The molecule has 1 aliphatic rings. The lowest BCUT2D eigenvalue weighted by Gasteiger charge is -2.22. The molecule has 0 aromatic carbocycles. The summed E-state index contributed by atoms with van der Waals surface area (Å²) in [6, 6.07) is 2.39. The van der Waals surface area contributed by atoms with Crippen LogP contribution in [-0.4, -0.2) is 53.2 Å². The normalized spacial score (nSPS) is 18.1. The summed E-state index contributed by atoms with van der Waals surface area (Å²) in [7, 11) is 0. The molecule has 1 aliphatic heterocycles. The van der Waals surface area contributed by atoms with Crippen LogP contribution in [0.15, 0.2) is 12.1 Å². The average Bonchev–Trinajstić information content (AvgIpc) is 2.64. The van der Waals surface area contributed by atoms with Crippen molar-refractivity contribution in [3.05, 3.63) is 17.8 Å². The molecule has 2 heterocycles. The predicted octanol–water partition coefficient (Wildman–Crippen LogP) is 2.40. The summed E-state index contributed by atoms with van der Waals surface area (Å²) >= 11 is 3.41. The lowest BCUT2D eigenvalue weighted by atomic mass is 10.3. The van der Waals surface area contributed by atoms with Crippen LogP contribution < -0.4 is 4.90 Å². The Morgan fingerprint density at radius 3 is 2.50 bits per heavy atom. The Bertz CT molecular complexity index is 424. The zero-order valence-corrected chi connectivity index (χ0v) is 12.5. The molecule has 1 aromatic heterocycles. The second-order valence-electron chi connectivity index (χ2n) is 4.65. The first-order chi connectivity index (χ1) is 9.50. The number of hydrogen-bond acceptors (Lipinski definition) is 4. The lowest BCUT2D eigenvalue weighted by Crippen LogP contribution is -2.32. The molecule has 8 heteroatoms. The number of nitrogens with zero attached hydrogens (tertiary/aromatic N) is 4. The molecule has 0 aliphatic carbocycles. The van der Waals surface area contributed by atoms with Crippen molar-refractivity contribution in [3.63, 3.8) is 0 Å². The third-order valence-electron chi connectivity index (χ3n) is 3.25. The number of halogens is 4. The van der Waals surface area contributed by atoms with Gasteiger partial charge in [-0.05, 0) is 25.1 Å². The fourth-order valence-corrected chi connectivity index (χ4v) is 2.69. The highest BCUT2D eigenvalue weighted by Gasteiger charge is 2.33. The van der Waals surface area contributed by atoms with Crippen molar-refractivity contribution in [1.82, 2.24) is 15.1 Å². The molecule has 0 bridgehead atoms. The van der Waals surface area contributed by atoms with Crippen molar-refractivity contribution in [2.45, 2.75) is 12.6 Å². The van der Waals surface area contributed by atoms with Crippen LogP contribution in [0, 0.1) is 0 Å². The summed E-state index contributed by atoms with van der Waals surface area (Å²) in [6.45, 7) is 4.41. The van der Waals surface area contributed by atoms with Crippen LogP contribution in [0.2, 0.25) is 0 Å². The maximum absolute atomic E-state index is 12.4. The molecule has 112 valence electrons. The monoisotopic (exact) mass is 352 g/mol. The summed E-state index contributed by atoms with van der Waals surface area (Å²) in [5.41, 5.74) is -0.947. The average molecular weight is 353 g/mol. The number of hydrogen-bond donors (Lipinski definition) is 0. The van der Waals surface area contributed by atoms with E-state index in [1.165, 1.54) is 6.07 Å². The molecule has 0 radical (unpaired) electrons. The molecule has 0 N–H and O–H groups in total. The molecule has 1 aromatic rings. The Labute approximate surface area is 124 Å². The molecular weight excluding hydrogens is 337 g/mol. The van der Waals surface area contributed by atoms with E-state index in [9.17, 15) is 13.2 Å². The number of alkyl halides is 4. The first-order valence-corrected chi connectivity index (χ1v) is 7.57. The first-order valence-electron chi connectivity index (χ1n) is 6.45. The van der Waals surface area contributed by atoms with Gasteiger partial charge in [-0.2, -0.15) is 13.2 Å². The van der Waals surface area contributed by atoms with E-state index in [0.29, 0.717) is 5.82 Å². The van der Waals surface area contributed by atoms with Crippen molar-refractivity contribution < 1.29 is 13.2 Å². The van der Waals surface area contributed by atoms with Crippen LogP contribution >= 0.6 is 15.9 Å². The molecule has 4 nitrogen and oxygen atoms in total. The second-order valence-corrected chi connectivity index (χ2v) is 5.44. The van der Waals surface area contributed by atoms with Gasteiger partial charge in [0.2, 0.25) is 0 Å². The van der Waals surface area contributed by atoms with Crippen LogP contribution in [-0.2, 0) is 6.18 Å². The third-order valence-corrected chi connectivity index (χ3v) is 3.61. The van der Waals surface area contributed by atoms with Gasteiger partial charge in [0, 0.05) is 31.5 Å². The van der Waals surface area contributed by atoms with Crippen molar-refractivity contribution >= 4 is 21.7 Å². The van der Waals surface area contributed by atoms with Gasteiger partial charge >= 0.3 is 6.18 Å². The summed E-state index contributed by atoms with van der Waals surface area (Å²) in [6.07, 6.45) is -3.47. The molecule has 2 rings (SSSR count). The van der Waals surface area contributed by atoms with Crippen LogP contribution in [0.1, 0.15) is 12.1 Å². The first kappa shape index (κ1) is 15.5. The maximum Gasteiger partial charge on any atom is 0.435 e. The number of aromatic nitrogens is 2. The highest BCUT2D eigenvalue weighted by Crippen LogP contribution is 2.27. The van der Waals surface area contributed by atoms with Crippen molar-refractivity contribution in [2.24, 2.45) is 0 Å². The molecule has 20 heavy (non-hydrogen) atoms. The topological polar surface area (TPSA) is 32.3 Å². The van der Waals surface area contributed by atoms with E-state index in [-0.39, 0.29) is 0 Å². The van der Waals surface area contributed by atoms with Gasteiger partial charge in [-0.15, -0.1) is 10.2 Å². The highest BCUT2D eigenvalue weighted by molar-refractivity contribution is 9.09. The Hall–Kier alpha value is -0.890. The smallest absolute Gasteiger partial charge is 0.354 e. The van der Waals surface area contributed by atoms with Gasteiger partial charge in [-0.1, -0.05) is 15.9 Å². The quantitative estimate of drug-likeness (QED) is 0.782. The van der Waals surface area contributed by atoms with Crippen LogP contribution in [0.5, 0.6) is 0 Å². The zero-order valence-electron chi connectivity index (χ0n) is 10.9. The van der Waals surface area contributed by atoms with E-state index < -0.39 is 11.9 Å². The molecule has 0 atom stereocenters. The summed E-state index contributed by atoms with van der Waals surface area (Å²) in [4.78, 5) is 4.31. The minimum atomic E-state index is -4.43. The minimum absolute atomic E-state index is 0.513. The Kier molecular flexibility index (Phi) is 5.20. The molecule has 1 fully saturated rings. The Morgan fingerprint density at radius 1 is 1.10 bits per heavy atom. The zero-order chi connectivity index (χ0) is 14.6. The molecule has 1 saturated heterocycles. The summed E-state index contributed by atoms with van der Waals surface area (Å²) in [5.74, 6) is 0.513. The van der Waals surface area contributed by atoms with E-state index in [4.69, 9.17) is 0 Å². The second kappa shape index (κ2) is 6.71. The van der Waals surface area contributed by atoms with E-state index in [0.717, 1.165) is 50.5 Å². The van der Waals surface area contributed by atoms with E-state index in [1.54, 1.807) is 0 Å². The van der Waals surface area contributed by atoms with Gasteiger partial charge in [-0.3, -0.25) is 0 Å². The Morgan fingerprint density at radius 2 is 1.90 bits per heavy atom. The molecule has 0 spiro atoms. The van der Waals surface area contributed by atoms with E-state index >= 15 is 0 Å². The van der Waals surface area contributed by atoms with Crippen molar-refractivity contribution in [3.8, 4) is 0 Å². The maximum atomic E-state index is 12.4. The van der Waals surface area contributed by atoms with Gasteiger partial charge in [0.15, 0.2) is 11.5 Å². The minimum Gasteiger partial charge on any atom is -0.354 e. The van der Waals surface area contributed by atoms with Gasteiger partial charge < -0.3 is 9.80 Å². The summed E-state index contributed by atoms with van der Waals surface area (Å²) in [5, 5.41) is 7.91. The lowest BCUT2D eigenvalue weighted by molar-refractivity contribution is -0.141. The van der Waals surface area contributed by atoms with E-state index in [1.807, 2.05) is 4.90 Å². The van der Waals surface area contributed by atoms with Crippen LogP contribution in [0.3, 0.4) is 0 Å². The largest absolute Gasteiger partial charge is 0.435 e. The molecule has 0 saturated carbocycles. The molecular formula is C12H16BrF3N4. The number of anilines is 1. The fraction of sp³-hybridized carbons (Fsp3) is 0.667. The van der Waals surface area contributed by atoms with Gasteiger partial charge in [0.05, 0.1) is 0 Å². The van der Waals surface area contributed by atoms with Gasteiger partial charge in [0.1, 0.15) is 0 Å². The predicted molar refractivity (Wildman–Crippen MR) is 74.1 cm³/mol. The Balaban J connectivity index is 2.01. The number of rotatable bonds is 3. The van der Waals surface area contributed by atoms with Crippen LogP contribution in [0.25, 0.3) is 0 Å². The highest BCUT2D eigenvalue weighted by atomic mass is 79.9. The van der Waals surface area contributed by atoms with Gasteiger partial charge in [0.25, 0.3) is 0 Å². The van der Waals surface area contributed by atoms with Crippen molar-refractivity contribution in [2.75, 3.05) is 43.0 Å². The summed E-state index contributed by atoms with van der Waals surface area (Å²) < 4.78 is 37.3. The molecule has 0 amide bonds. The van der Waals surface area contributed by atoms with Gasteiger partial charge in [-0.25, -0.2) is 0 Å². The van der Waals surface area contributed by atoms with E-state index in [2.05, 4.69) is 31.0 Å². The fourth-order valence-electron chi connectivity index (χ4n) is 2.19. The van der Waals surface area contributed by atoms with Crippen molar-refractivity contribution in [1.29, 1.82) is 0 Å². The standard InChI is InChI=1S/C12H16BrF3N4/c13-4-7-19-5-1-6-20(9-8-19)11-3-2-10(17-18-11)12(14,15)16/h2-3H,1,4-9H2. The molecule has 0 unspecified atom stereocenters. The van der Waals surface area contributed by atoms with Crippen LogP contribution in [0.4, 0.5) is 19.0 Å². The third kappa shape index (κ3) is 4.05.